The summed E-state index contributed by atoms with van der Waals surface area (Å²) in [7, 11) is 0. The van der Waals surface area contributed by atoms with Crippen LogP contribution in [0.25, 0.3) is 0 Å². The van der Waals surface area contributed by atoms with Crippen LogP contribution in [0.15, 0.2) is 18.2 Å². The predicted octanol–water partition coefficient (Wildman–Crippen LogP) is 4.33. The minimum absolute atomic E-state index is 0.300. The summed E-state index contributed by atoms with van der Waals surface area (Å²) in [5, 5.41) is 4.80. The van der Waals surface area contributed by atoms with Crippen molar-refractivity contribution < 1.29 is 4.74 Å². The number of hydrogen-bond acceptors (Lipinski definition) is 2. The van der Waals surface area contributed by atoms with Crippen molar-refractivity contribution in [2.75, 3.05) is 13.2 Å². The van der Waals surface area contributed by atoms with Crippen LogP contribution in [0.1, 0.15) is 32.3 Å². The smallest absolute Gasteiger partial charge is 0.0759 e. The summed E-state index contributed by atoms with van der Waals surface area (Å²) in [4.78, 5) is 0. The van der Waals surface area contributed by atoms with Gasteiger partial charge in [-0.25, -0.2) is 0 Å². The Morgan fingerprint density at radius 3 is 2.55 bits per heavy atom. The topological polar surface area (TPSA) is 21.3 Å². The first kappa shape index (κ1) is 16.1. The molecular weight excluding hydrogens is 293 g/mol. The molecule has 20 heavy (non-hydrogen) atoms. The average molecular weight is 316 g/mol. The quantitative estimate of drug-likeness (QED) is 0.771. The standard InChI is InChI=1S/C16H23Cl2NO/c1-3-19-15(16(20-4-2)12-6-7-12)10-11-5-8-13(17)14(18)9-11/h5,8-9,12,15-16,19H,3-4,6-7,10H2,1-2H3. The van der Waals surface area contributed by atoms with E-state index in [0.717, 1.165) is 19.6 Å². The van der Waals surface area contributed by atoms with Gasteiger partial charge in [0.1, 0.15) is 0 Å². The fourth-order valence-electron chi connectivity index (χ4n) is 2.69. The van der Waals surface area contributed by atoms with Gasteiger partial charge >= 0.3 is 0 Å². The third-order valence-corrected chi connectivity index (χ3v) is 4.49. The van der Waals surface area contributed by atoms with Crippen LogP contribution in [-0.2, 0) is 11.2 Å². The minimum atomic E-state index is 0.300. The molecule has 0 saturated heterocycles. The first-order valence-electron chi connectivity index (χ1n) is 7.44. The Bertz CT molecular complexity index is 434. The van der Waals surface area contributed by atoms with Crippen LogP contribution in [0.2, 0.25) is 10.0 Å². The molecule has 0 radical (unpaired) electrons. The Morgan fingerprint density at radius 2 is 2.00 bits per heavy atom. The molecule has 1 aliphatic rings. The van der Waals surface area contributed by atoms with Gasteiger partial charge < -0.3 is 10.1 Å². The molecule has 1 aromatic rings. The molecule has 1 fully saturated rings. The second-order valence-electron chi connectivity index (χ2n) is 5.37. The van der Waals surface area contributed by atoms with Gasteiger partial charge in [-0.05, 0) is 56.3 Å². The second-order valence-corrected chi connectivity index (χ2v) is 6.19. The molecule has 0 aliphatic heterocycles. The van der Waals surface area contributed by atoms with E-state index < -0.39 is 0 Å². The van der Waals surface area contributed by atoms with Gasteiger partial charge in [-0.15, -0.1) is 0 Å². The molecule has 2 rings (SSSR count). The highest BCUT2D eigenvalue weighted by molar-refractivity contribution is 6.42. The molecule has 1 N–H and O–H groups in total. The van der Waals surface area contributed by atoms with Gasteiger partial charge in [0.2, 0.25) is 0 Å². The van der Waals surface area contributed by atoms with E-state index in [2.05, 4.69) is 25.2 Å². The molecule has 112 valence electrons. The molecule has 1 saturated carbocycles. The van der Waals surface area contributed by atoms with Crippen molar-refractivity contribution in [3.8, 4) is 0 Å². The Labute approximate surface area is 131 Å². The monoisotopic (exact) mass is 315 g/mol. The van der Waals surface area contributed by atoms with Gasteiger partial charge in [0.25, 0.3) is 0 Å². The van der Waals surface area contributed by atoms with E-state index >= 15 is 0 Å². The van der Waals surface area contributed by atoms with Crippen LogP contribution >= 0.6 is 23.2 Å². The molecule has 2 atom stereocenters. The summed E-state index contributed by atoms with van der Waals surface area (Å²) in [5.74, 6) is 0.710. The number of benzene rings is 1. The molecule has 1 aliphatic carbocycles. The Balaban J connectivity index is 2.08. The zero-order chi connectivity index (χ0) is 14.5. The van der Waals surface area contributed by atoms with Gasteiger partial charge in [0.05, 0.1) is 16.1 Å². The van der Waals surface area contributed by atoms with Crippen LogP contribution in [0.3, 0.4) is 0 Å². The predicted molar refractivity (Wildman–Crippen MR) is 85.8 cm³/mol. The van der Waals surface area contributed by atoms with Crippen LogP contribution in [0.5, 0.6) is 0 Å². The van der Waals surface area contributed by atoms with Crippen LogP contribution < -0.4 is 5.32 Å². The molecule has 0 amide bonds. The molecule has 0 aromatic heterocycles. The van der Waals surface area contributed by atoms with Gasteiger partial charge in [0.15, 0.2) is 0 Å². The Kier molecular flexibility index (Phi) is 6.16. The molecular formula is C16H23Cl2NO. The zero-order valence-electron chi connectivity index (χ0n) is 12.2. The lowest BCUT2D eigenvalue weighted by Crippen LogP contribution is -2.44. The Morgan fingerprint density at radius 1 is 1.25 bits per heavy atom. The van der Waals surface area contributed by atoms with Gasteiger partial charge in [-0.3, -0.25) is 0 Å². The van der Waals surface area contributed by atoms with E-state index in [9.17, 15) is 0 Å². The molecule has 2 nitrogen and oxygen atoms in total. The molecule has 0 bridgehead atoms. The first-order valence-corrected chi connectivity index (χ1v) is 8.20. The van der Waals surface area contributed by atoms with Crippen molar-refractivity contribution in [1.29, 1.82) is 0 Å². The molecule has 2 unspecified atom stereocenters. The number of nitrogens with one attached hydrogen (secondary N) is 1. The van der Waals surface area contributed by atoms with Crippen molar-refractivity contribution in [3.05, 3.63) is 33.8 Å². The number of hydrogen-bond donors (Lipinski definition) is 1. The van der Waals surface area contributed by atoms with E-state index in [-0.39, 0.29) is 0 Å². The van der Waals surface area contributed by atoms with Crippen molar-refractivity contribution in [3.63, 3.8) is 0 Å². The number of rotatable bonds is 8. The van der Waals surface area contributed by atoms with Crippen LogP contribution in [-0.4, -0.2) is 25.3 Å². The number of likely N-dealkylation sites (N-methyl/N-ethyl adjacent to an activating group) is 1. The highest BCUT2D eigenvalue weighted by atomic mass is 35.5. The maximum Gasteiger partial charge on any atom is 0.0759 e. The van der Waals surface area contributed by atoms with Gasteiger partial charge in [-0.2, -0.15) is 0 Å². The summed E-state index contributed by atoms with van der Waals surface area (Å²) in [6.07, 6.45) is 3.79. The van der Waals surface area contributed by atoms with E-state index in [4.69, 9.17) is 27.9 Å². The maximum absolute atomic E-state index is 6.11. The molecule has 0 spiro atoms. The SMILES string of the molecule is CCNC(Cc1ccc(Cl)c(Cl)c1)C(OCC)C1CC1. The summed E-state index contributed by atoms with van der Waals surface area (Å²) in [6.45, 7) is 5.92. The maximum atomic E-state index is 6.11. The first-order chi connectivity index (χ1) is 9.65. The third kappa shape index (κ3) is 4.36. The number of ether oxygens (including phenoxy) is 1. The van der Waals surface area contributed by atoms with E-state index in [0.29, 0.717) is 28.1 Å². The zero-order valence-corrected chi connectivity index (χ0v) is 13.7. The third-order valence-electron chi connectivity index (χ3n) is 3.75. The number of halogens is 2. The van der Waals surface area contributed by atoms with Crippen molar-refractivity contribution in [2.45, 2.75) is 45.3 Å². The van der Waals surface area contributed by atoms with Gasteiger partial charge in [-0.1, -0.05) is 36.2 Å². The highest BCUT2D eigenvalue weighted by Gasteiger charge is 2.36. The van der Waals surface area contributed by atoms with E-state index in [1.807, 2.05) is 12.1 Å². The lowest BCUT2D eigenvalue weighted by molar-refractivity contribution is 0.0196. The summed E-state index contributed by atoms with van der Waals surface area (Å²) < 4.78 is 5.99. The second kappa shape index (κ2) is 7.65. The molecule has 1 aromatic carbocycles. The van der Waals surface area contributed by atoms with Crippen LogP contribution in [0, 0.1) is 5.92 Å². The Hall–Kier alpha value is -0.280. The fourth-order valence-corrected chi connectivity index (χ4v) is 3.01. The lowest BCUT2D eigenvalue weighted by atomic mass is 9.98. The minimum Gasteiger partial charge on any atom is -0.377 e. The normalized spacial score (nSPS) is 18.0. The van der Waals surface area contributed by atoms with Crippen molar-refractivity contribution >= 4 is 23.2 Å². The fraction of sp³-hybridized carbons (Fsp3) is 0.625. The molecule has 0 heterocycles. The average Bonchev–Trinajstić information content (AvgIpc) is 3.24. The lowest BCUT2D eigenvalue weighted by Gasteiger charge is -2.28. The summed E-state index contributed by atoms with van der Waals surface area (Å²) in [6, 6.07) is 6.22. The van der Waals surface area contributed by atoms with Crippen molar-refractivity contribution in [1.82, 2.24) is 5.32 Å². The van der Waals surface area contributed by atoms with Crippen LogP contribution in [0.4, 0.5) is 0 Å². The summed E-state index contributed by atoms with van der Waals surface area (Å²) >= 11 is 12.1. The largest absolute Gasteiger partial charge is 0.377 e. The van der Waals surface area contributed by atoms with Crippen molar-refractivity contribution in [2.24, 2.45) is 5.92 Å². The summed E-state index contributed by atoms with van der Waals surface area (Å²) in [5.41, 5.74) is 1.20. The van der Waals surface area contributed by atoms with Gasteiger partial charge in [0, 0.05) is 12.6 Å². The van der Waals surface area contributed by atoms with E-state index in [1.54, 1.807) is 0 Å². The highest BCUT2D eigenvalue weighted by Crippen LogP contribution is 2.36. The van der Waals surface area contributed by atoms with E-state index in [1.165, 1.54) is 18.4 Å². The molecule has 4 heteroatoms.